The van der Waals surface area contributed by atoms with Crippen molar-refractivity contribution in [3.8, 4) is 0 Å². The Morgan fingerprint density at radius 2 is 1.95 bits per heavy atom. The van der Waals surface area contributed by atoms with Crippen molar-refractivity contribution in [2.45, 2.75) is 37.1 Å². The number of nitrogens with zero attached hydrogens (tertiary/aromatic N) is 1. The second-order valence-electron chi connectivity index (χ2n) is 5.14. The largest absolute Gasteiger partial charge is 0.349 e. The van der Waals surface area contributed by atoms with Crippen molar-refractivity contribution < 1.29 is 4.79 Å². The van der Waals surface area contributed by atoms with Crippen LogP contribution in [0.1, 0.15) is 36.5 Å². The lowest BCUT2D eigenvalue weighted by Crippen LogP contribution is -2.44. The number of thiol groups is 1. The van der Waals surface area contributed by atoms with E-state index in [0.717, 1.165) is 30.8 Å². The predicted octanol–water partition coefficient (Wildman–Crippen LogP) is 2.58. The first-order valence-corrected chi connectivity index (χ1v) is 7.46. The number of benzene rings is 1. The summed E-state index contributed by atoms with van der Waals surface area (Å²) in [6, 6.07) is 7.66. The van der Waals surface area contributed by atoms with Crippen LogP contribution in [0.25, 0.3) is 0 Å². The van der Waals surface area contributed by atoms with Gasteiger partial charge in [0.25, 0.3) is 5.91 Å². The molecule has 1 saturated heterocycles. The second kappa shape index (κ2) is 6.96. The molecule has 3 nitrogen and oxygen atoms in total. The van der Waals surface area contributed by atoms with E-state index in [1.807, 2.05) is 24.3 Å². The Balaban J connectivity index is 1.82. The van der Waals surface area contributed by atoms with Crippen LogP contribution in [0.3, 0.4) is 0 Å². The molecule has 0 spiro atoms. The fourth-order valence-corrected chi connectivity index (χ4v) is 2.65. The molecule has 1 heterocycles. The SMILES string of the molecule is CCCN1CCC(NC(=O)c2ccc(S)cc2)CC1. The molecule has 0 saturated carbocycles. The average molecular weight is 278 g/mol. The van der Waals surface area contributed by atoms with Gasteiger partial charge < -0.3 is 10.2 Å². The van der Waals surface area contributed by atoms with Crippen LogP contribution in [0, 0.1) is 0 Å². The molecule has 1 aliphatic rings. The van der Waals surface area contributed by atoms with Crippen molar-refractivity contribution >= 4 is 18.5 Å². The number of rotatable bonds is 4. The summed E-state index contributed by atoms with van der Waals surface area (Å²) < 4.78 is 0. The molecule has 0 atom stereocenters. The highest BCUT2D eigenvalue weighted by molar-refractivity contribution is 7.80. The molecule has 1 fully saturated rings. The van der Waals surface area contributed by atoms with Gasteiger partial charge in [0, 0.05) is 29.6 Å². The van der Waals surface area contributed by atoms with Crippen LogP contribution in [0.15, 0.2) is 29.2 Å². The van der Waals surface area contributed by atoms with Crippen LogP contribution < -0.4 is 5.32 Å². The predicted molar refractivity (Wildman–Crippen MR) is 80.9 cm³/mol. The van der Waals surface area contributed by atoms with E-state index in [9.17, 15) is 4.79 Å². The molecule has 1 aromatic rings. The lowest BCUT2D eigenvalue weighted by molar-refractivity contribution is 0.0911. The van der Waals surface area contributed by atoms with Crippen molar-refractivity contribution in [2.24, 2.45) is 0 Å². The van der Waals surface area contributed by atoms with Crippen LogP contribution >= 0.6 is 12.6 Å². The first-order valence-electron chi connectivity index (χ1n) is 7.01. The van der Waals surface area contributed by atoms with E-state index in [-0.39, 0.29) is 5.91 Å². The molecule has 0 aromatic heterocycles. The fraction of sp³-hybridized carbons (Fsp3) is 0.533. The van der Waals surface area contributed by atoms with Gasteiger partial charge in [-0.15, -0.1) is 12.6 Å². The number of nitrogens with one attached hydrogen (secondary N) is 1. The molecule has 1 amide bonds. The van der Waals surface area contributed by atoms with Gasteiger partial charge in [0.05, 0.1) is 0 Å². The maximum atomic E-state index is 12.1. The number of amides is 1. The van der Waals surface area contributed by atoms with Crippen molar-refractivity contribution in [3.63, 3.8) is 0 Å². The van der Waals surface area contributed by atoms with E-state index in [0.29, 0.717) is 11.6 Å². The van der Waals surface area contributed by atoms with Gasteiger partial charge in [-0.1, -0.05) is 6.92 Å². The van der Waals surface area contributed by atoms with Crippen molar-refractivity contribution in [1.29, 1.82) is 0 Å². The summed E-state index contributed by atoms with van der Waals surface area (Å²) in [4.78, 5) is 15.4. The van der Waals surface area contributed by atoms with Gasteiger partial charge in [0.15, 0.2) is 0 Å². The lowest BCUT2D eigenvalue weighted by atomic mass is 10.0. The Morgan fingerprint density at radius 1 is 1.32 bits per heavy atom. The van der Waals surface area contributed by atoms with Gasteiger partial charge in [0.2, 0.25) is 0 Å². The Kier molecular flexibility index (Phi) is 5.28. The molecule has 19 heavy (non-hydrogen) atoms. The third kappa shape index (κ3) is 4.25. The number of piperidine rings is 1. The summed E-state index contributed by atoms with van der Waals surface area (Å²) in [7, 11) is 0. The van der Waals surface area contributed by atoms with E-state index in [2.05, 4.69) is 29.8 Å². The van der Waals surface area contributed by atoms with Gasteiger partial charge in [-0.3, -0.25) is 4.79 Å². The average Bonchev–Trinajstić information content (AvgIpc) is 2.42. The molecule has 0 aliphatic carbocycles. The molecule has 2 rings (SSSR count). The third-order valence-corrected chi connectivity index (χ3v) is 3.89. The molecular weight excluding hydrogens is 256 g/mol. The topological polar surface area (TPSA) is 32.3 Å². The highest BCUT2D eigenvalue weighted by atomic mass is 32.1. The number of carbonyl (C=O) groups is 1. The highest BCUT2D eigenvalue weighted by Gasteiger charge is 2.20. The van der Waals surface area contributed by atoms with Crippen LogP contribution in [0.5, 0.6) is 0 Å². The monoisotopic (exact) mass is 278 g/mol. The Hall–Kier alpha value is -1.00. The minimum atomic E-state index is 0.0299. The van der Waals surface area contributed by atoms with Crippen molar-refractivity contribution in [3.05, 3.63) is 29.8 Å². The third-order valence-electron chi connectivity index (χ3n) is 3.59. The molecule has 1 aliphatic heterocycles. The second-order valence-corrected chi connectivity index (χ2v) is 5.65. The van der Waals surface area contributed by atoms with Crippen LogP contribution in [-0.4, -0.2) is 36.5 Å². The summed E-state index contributed by atoms with van der Waals surface area (Å²) in [5, 5.41) is 3.13. The number of carbonyl (C=O) groups excluding carboxylic acids is 1. The zero-order valence-corrected chi connectivity index (χ0v) is 12.3. The summed E-state index contributed by atoms with van der Waals surface area (Å²) in [6.45, 7) is 5.56. The molecule has 0 radical (unpaired) electrons. The van der Waals surface area contributed by atoms with E-state index < -0.39 is 0 Å². The van der Waals surface area contributed by atoms with Crippen LogP contribution in [0.4, 0.5) is 0 Å². The first-order chi connectivity index (χ1) is 9.19. The van der Waals surface area contributed by atoms with Gasteiger partial charge >= 0.3 is 0 Å². The van der Waals surface area contributed by atoms with Crippen molar-refractivity contribution in [2.75, 3.05) is 19.6 Å². The Labute approximate surface area is 120 Å². The van der Waals surface area contributed by atoms with E-state index >= 15 is 0 Å². The number of hydrogen-bond acceptors (Lipinski definition) is 3. The van der Waals surface area contributed by atoms with E-state index in [1.54, 1.807) is 0 Å². The molecule has 4 heteroatoms. The van der Waals surface area contributed by atoms with Gasteiger partial charge in [-0.25, -0.2) is 0 Å². The number of hydrogen-bond donors (Lipinski definition) is 2. The molecule has 104 valence electrons. The zero-order valence-electron chi connectivity index (χ0n) is 11.4. The summed E-state index contributed by atoms with van der Waals surface area (Å²) in [5.41, 5.74) is 0.716. The highest BCUT2D eigenvalue weighted by Crippen LogP contribution is 2.12. The van der Waals surface area contributed by atoms with Gasteiger partial charge in [-0.2, -0.15) is 0 Å². The first kappa shape index (κ1) is 14.4. The lowest BCUT2D eigenvalue weighted by Gasteiger charge is -2.32. The summed E-state index contributed by atoms with van der Waals surface area (Å²) in [6.07, 6.45) is 3.31. The maximum Gasteiger partial charge on any atom is 0.251 e. The molecular formula is C15H22N2OS. The van der Waals surface area contributed by atoms with Crippen LogP contribution in [0.2, 0.25) is 0 Å². The standard InChI is InChI=1S/C15H22N2OS/c1-2-9-17-10-7-13(8-11-17)16-15(18)12-3-5-14(19)6-4-12/h3-6,13,19H,2,7-11H2,1H3,(H,16,18). The number of likely N-dealkylation sites (tertiary alicyclic amines) is 1. The minimum Gasteiger partial charge on any atom is -0.349 e. The van der Waals surface area contributed by atoms with Gasteiger partial charge in [0.1, 0.15) is 0 Å². The molecule has 1 aromatic carbocycles. The smallest absolute Gasteiger partial charge is 0.251 e. The fourth-order valence-electron chi connectivity index (χ4n) is 2.50. The molecule has 0 unspecified atom stereocenters. The minimum absolute atomic E-state index is 0.0299. The summed E-state index contributed by atoms with van der Waals surface area (Å²) in [5.74, 6) is 0.0299. The Morgan fingerprint density at radius 3 is 2.53 bits per heavy atom. The quantitative estimate of drug-likeness (QED) is 0.830. The van der Waals surface area contributed by atoms with Gasteiger partial charge in [-0.05, 0) is 50.1 Å². The van der Waals surface area contributed by atoms with E-state index in [1.165, 1.54) is 13.0 Å². The zero-order chi connectivity index (χ0) is 13.7. The van der Waals surface area contributed by atoms with Crippen LogP contribution in [-0.2, 0) is 0 Å². The molecule has 0 bridgehead atoms. The van der Waals surface area contributed by atoms with E-state index in [4.69, 9.17) is 0 Å². The van der Waals surface area contributed by atoms with Crippen molar-refractivity contribution in [1.82, 2.24) is 10.2 Å². The normalized spacial score (nSPS) is 17.4. The Bertz CT molecular complexity index is 411. The molecule has 1 N–H and O–H groups in total. The maximum absolute atomic E-state index is 12.1. The summed E-state index contributed by atoms with van der Waals surface area (Å²) >= 11 is 4.22.